The lowest BCUT2D eigenvalue weighted by molar-refractivity contribution is 0.0974. The number of aromatic nitrogens is 1. The largest absolute Gasteiger partial charge is 0.451 e. The Morgan fingerprint density at radius 3 is 2.45 bits per heavy atom. The molecular weight excluding hydrogens is 528 g/mol. The molecule has 9 heteroatoms. The number of primary amides is 1. The summed E-state index contributed by atoms with van der Waals surface area (Å²) in [4.78, 5) is 30.9. The van der Waals surface area contributed by atoms with Crippen molar-refractivity contribution in [1.29, 1.82) is 5.26 Å². The molecule has 42 heavy (non-hydrogen) atoms. The number of rotatable bonds is 14. The summed E-state index contributed by atoms with van der Waals surface area (Å²) in [5, 5.41) is 15.4. The molecule has 0 aliphatic rings. The molecule has 0 bridgehead atoms. The first-order valence-electron chi connectivity index (χ1n) is 14.2. The van der Waals surface area contributed by atoms with Gasteiger partial charge in [0.2, 0.25) is 0 Å². The maximum atomic E-state index is 13.4. The van der Waals surface area contributed by atoms with Crippen LogP contribution < -0.4 is 21.3 Å². The second-order valence-electron chi connectivity index (χ2n) is 10.1. The predicted octanol–water partition coefficient (Wildman–Crippen LogP) is 6.34. The quantitative estimate of drug-likeness (QED) is 0.163. The van der Waals surface area contributed by atoms with Crippen LogP contribution in [0, 0.1) is 17.2 Å². The maximum Gasteiger partial charge on any atom is 0.322 e. The summed E-state index contributed by atoms with van der Waals surface area (Å²) in [6, 6.07) is 26.0. The van der Waals surface area contributed by atoms with E-state index in [1.807, 2.05) is 60.7 Å². The first kappa shape index (κ1) is 29.9. The molecule has 0 spiro atoms. The van der Waals surface area contributed by atoms with E-state index in [0.717, 1.165) is 54.9 Å². The van der Waals surface area contributed by atoms with Gasteiger partial charge in [0.05, 0.1) is 5.56 Å². The maximum absolute atomic E-state index is 13.4. The monoisotopic (exact) mass is 564 g/mol. The molecule has 2 aromatic heterocycles. The van der Waals surface area contributed by atoms with Crippen LogP contribution in [0.15, 0.2) is 89.5 Å². The van der Waals surface area contributed by atoms with E-state index < -0.39 is 5.91 Å². The van der Waals surface area contributed by atoms with Crippen molar-refractivity contribution in [2.45, 2.75) is 39.2 Å². The van der Waals surface area contributed by atoms with Gasteiger partial charge >= 0.3 is 6.03 Å². The molecule has 0 saturated carbocycles. The summed E-state index contributed by atoms with van der Waals surface area (Å²) in [6.45, 7) is 3.90. The highest BCUT2D eigenvalue weighted by atomic mass is 16.3. The number of carbonyl (C=O) groups is 2. The number of anilines is 2. The minimum atomic E-state index is -0.621. The van der Waals surface area contributed by atoms with Gasteiger partial charge in [-0.25, -0.2) is 9.78 Å². The van der Waals surface area contributed by atoms with E-state index in [2.05, 4.69) is 28.6 Å². The van der Waals surface area contributed by atoms with Gasteiger partial charge in [0, 0.05) is 37.1 Å². The average molecular weight is 565 g/mol. The van der Waals surface area contributed by atoms with Gasteiger partial charge in [-0.2, -0.15) is 5.26 Å². The summed E-state index contributed by atoms with van der Waals surface area (Å²) < 4.78 is 5.56. The fraction of sp³-hybridized carbons (Fsp3) is 0.273. The Morgan fingerprint density at radius 1 is 1.02 bits per heavy atom. The second kappa shape index (κ2) is 15.1. The number of nitrogens with two attached hydrogens (primary N) is 1. The lowest BCUT2D eigenvalue weighted by Gasteiger charge is -2.25. The van der Waals surface area contributed by atoms with Gasteiger partial charge in [-0.3, -0.25) is 9.69 Å². The topological polar surface area (TPSA) is 137 Å². The van der Waals surface area contributed by atoms with E-state index in [1.54, 1.807) is 29.3 Å². The molecule has 1 unspecified atom stereocenters. The molecule has 2 heterocycles. The van der Waals surface area contributed by atoms with Crippen molar-refractivity contribution in [1.82, 2.24) is 10.3 Å². The summed E-state index contributed by atoms with van der Waals surface area (Å²) >= 11 is 0. The minimum Gasteiger partial charge on any atom is -0.451 e. The summed E-state index contributed by atoms with van der Waals surface area (Å²) in [6.07, 6.45) is 5.42. The second-order valence-corrected chi connectivity index (χ2v) is 10.1. The fourth-order valence-electron chi connectivity index (χ4n) is 4.76. The van der Waals surface area contributed by atoms with Gasteiger partial charge in [-0.1, -0.05) is 43.7 Å². The summed E-state index contributed by atoms with van der Waals surface area (Å²) in [7, 11) is 0. The third-order valence-electron chi connectivity index (χ3n) is 7.00. The van der Waals surface area contributed by atoms with E-state index in [4.69, 9.17) is 15.4 Å². The van der Waals surface area contributed by atoms with Crippen LogP contribution in [0.25, 0.3) is 11.3 Å². The highest BCUT2D eigenvalue weighted by molar-refractivity contribution is 5.92. The Bertz CT molecular complexity index is 1480. The van der Waals surface area contributed by atoms with E-state index in [-0.39, 0.29) is 11.8 Å². The molecule has 0 aliphatic heterocycles. The van der Waals surface area contributed by atoms with Crippen LogP contribution in [0.4, 0.5) is 16.3 Å². The van der Waals surface area contributed by atoms with Crippen LogP contribution in [0.2, 0.25) is 0 Å². The van der Waals surface area contributed by atoms with Crippen molar-refractivity contribution in [2.24, 2.45) is 11.7 Å². The zero-order valence-corrected chi connectivity index (χ0v) is 23.8. The first-order chi connectivity index (χ1) is 20.5. The highest BCUT2D eigenvalue weighted by Gasteiger charge is 2.18. The van der Waals surface area contributed by atoms with E-state index in [9.17, 15) is 9.59 Å². The SMILES string of the molecule is CCCC(CCCN(C(=O)NCc1ccccc1)c1ccc(-c2ccc(C(N)=O)o2)cc1)CNc1ccc(C#N)cn1. The summed E-state index contributed by atoms with van der Waals surface area (Å²) in [5.41, 5.74) is 8.41. The number of urea groups is 1. The number of benzene rings is 2. The molecule has 2 aromatic carbocycles. The molecule has 3 amide bonds. The number of hydrogen-bond donors (Lipinski definition) is 3. The molecule has 4 N–H and O–H groups in total. The molecule has 4 aromatic rings. The van der Waals surface area contributed by atoms with Crippen LogP contribution in [-0.2, 0) is 6.54 Å². The Labute approximate surface area is 246 Å². The predicted molar refractivity (Wildman–Crippen MR) is 164 cm³/mol. The average Bonchev–Trinajstić information content (AvgIpc) is 3.53. The van der Waals surface area contributed by atoms with Crippen molar-refractivity contribution in [3.8, 4) is 17.4 Å². The number of nitrogens with one attached hydrogen (secondary N) is 2. The normalized spacial score (nSPS) is 11.3. The number of pyridine rings is 1. The van der Waals surface area contributed by atoms with Crippen molar-refractivity contribution in [2.75, 3.05) is 23.3 Å². The summed E-state index contributed by atoms with van der Waals surface area (Å²) in [5.74, 6) is 1.16. The van der Waals surface area contributed by atoms with Gasteiger partial charge in [0.25, 0.3) is 5.91 Å². The molecule has 0 radical (unpaired) electrons. The standard InChI is InChI=1S/C33H36N6O3/c1-2-7-24(21-36-31-18-11-26(20-34)23-37-31)10-6-19-39(33(41)38-22-25-8-4-3-5-9-25)28-14-12-27(13-15-28)29-16-17-30(42-29)32(35)40/h3-5,8-9,11-18,23-24H,2,6-7,10,19,21-22H2,1H3,(H2,35,40)(H,36,37)(H,38,41). The van der Waals surface area contributed by atoms with Crippen LogP contribution in [0.3, 0.4) is 0 Å². The lowest BCUT2D eigenvalue weighted by Crippen LogP contribution is -2.40. The molecule has 216 valence electrons. The number of furan rings is 1. The van der Waals surface area contributed by atoms with E-state index in [0.29, 0.717) is 30.3 Å². The number of nitrogens with zero attached hydrogens (tertiary/aromatic N) is 3. The minimum absolute atomic E-state index is 0.0991. The van der Waals surface area contributed by atoms with E-state index in [1.165, 1.54) is 0 Å². The molecule has 9 nitrogen and oxygen atoms in total. The number of nitriles is 1. The van der Waals surface area contributed by atoms with Crippen LogP contribution in [-0.4, -0.2) is 30.0 Å². The van der Waals surface area contributed by atoms with Crippen LogP contribution in [0.5, 0.6) is 0 Å². The van der Waals surface area contributed by atoms with Crippen LogP contribution in [0.1, 0.15) is 54.3 Å². The molecule has 1 atom stereocenters. The molecule has 4 rings (SSSR count). The Hall–Kier alpha value is -5.10. The van der Waals surface area contributed by atoms with Gasteiger partial charge in [0.15, 0.2) is 5.76 Å². The molecule has 0 fully saturated rings. The molecule has 0 aliphatic carbocycles. The zero-order valence-electron chi connectivity index (χ0n) is 23.8. The molecule has 0 saturated heterocycles. The van der Waals surface area contributed by atoms with Crippen LogP contribution >= 0.6 is 0 Å². The smallest absolute Gasteiger partial charge is 0.322 e. The van der Waals surface area contributed by atoms with Crippen molar-refractivity contribution in [3.63, 3.8) is 0 Å². The molecular formula is C33H36N6O3. The lowest BCUT2D eigenvalue weighted by atomic mass is 9.97. The first-order valence-corrected chi connectivity index (χ1v) is 14.2. The zero-order chi connectivity index (χ0) is 29.7. The van der Waals surface area contributed by atoms with Crippen molar-refractivity contribution in [3.05, 3.63) is 102 Å². The van der Waals surface area contributed by atoms with Crippen molar-refractivity contribution < 1.29 is 14.0 Å². The van der Waals surface area contributed by atoms with Crippen molar-refractivity contribution >= 4 is 23.4 Å². The van der Waals surface area contributed by atoms with Gasteiger partial charge in [0.1, 0.15) is 17.6 Å². The Morgan fingerprint density at radius 2 is 1.81 bits per heavy atom. The third-order valence-corrected chi connectivity index (χ3v) is 7.00. The highest BCUT2D eigenvalue weighted by Crippen LogP contribution is 2.26. The van der Waals surface area contributed by atoms with Gasteiger partial charge in [-0.15, -0.1) is 0 Å². The van der Waals surface area contributed by atoms with E-state index >= 15 is 0 Å². The van der Waals surface area contributed by atoms with Gasteiger partial charge in [-0.05, 0) is 79.3 Å². The third kappa shape index (κ3) is 8.45. The number of amides is 3. The fourth-order valence-corrected chi connectivity index (χ4v) is 4.76. The number of hydrogen-bond acceptors (Lipinski definition) is 6. The Balaban J connectivity index is 1.42. The Kier molecular flexibility index (Phi) is 10.7. The number of carbonyl (C=O) groups excluding carboxylic acids is 2. The van der Waals surface area contributed by atoms with Gasteiger partial charge < -0.3 is 20.8 Å².